The number of carbonyl (C=O) groups is 2. The Bertz CT molecular complexity index is 899. The zero-order valence-corrected chi connectivity index (χ0v) is 16.3. The molecule has 2 N–H and O–H groups in total. The van der Waals surface area contributed by atoms with Crippen molar-refractivity contribution in [3.63, 3.8) is 0 Å². The molecule has 27 heavy (non-hydrogen) atoms. The van der Waals surface area contributed by atoms with Gasteiger partial charge in [0.1, 0.15) is 0 Å². The van der Waals surface area contributed by atoms with Gasteiger partial charge >= 0.3 is 0 Å². The number of nitrogens with one attached hydrogen (secondary N) is 2. The average Bonchev–Trinajstić information content (AvgIpc) is 3.06. The number of hydrogen-bond acceptors (Lipinski definition) is 4. The maximum Gasteiger partial charge on any atom is 0.226 e. The first-order valence-electron chi connectivity index (χ1n) is 9.06. The zero-order chi connectivity index (χ0) is 19.2. The minimum Gasteiger partial charge on any atom is -0.326 e. The van der Waals surface area contributed by atoms with E-state index in [2.05, 4.69) is 21.7 Å². The molecule has 5 nitrogen and oxygen atoms in total. The Morgan fingerprint density at radius 1 is 1.00 bits per heavy atom. The van der Waals surface area contributed by atoms with Crippen molar-refractivity contribution in [2.75, 3.05) is 10.6 Å². The predicted molar refractivity (Wildman–Crippen MR) is 111 cm³/mol. The summed E-state index contributed by atoms with van der Waals surface area (Å²) in [6, 6.07) is 15.2. The molecule has 1 aromatic heterocycles. The van der Waals surface area contributed by atoms with Crippen LogP contribution >= 0.6 is 11.3 Å². The van der Waals surface area contributed by atoms with E-state index in [1.807, 2.05) is 32.0 Å². The lowest BCUT2D eigenvalue weighted by atomic mass is 10.2. The Balaban J connectivity index is 1.45. The molecule has 0 saturated carbocycles. The normalized spacial score (nSPS) is 10.9. The summed E-state index contributed by atoms with van der Waals surface area (Å²) < 4.78 is 1.18. The Morgan fingerprint density at radius 3 is 2.33 bits per heavy atom. The number of carbonyl (C=O) groups excluding carboxylic acids is 2. The van der Waals surface area contributed by atoms with Gasteiger partial charge in [-0.1, -0.05) is 26.0 Å². The van der Waals surface area contributed by atoms with E-state index in [1.54, 1.807) is 35.6 Å². The highest BCUT2D eigenvalue weighted by Crippen LogP contribution is 2.23. The molecule has 0 aliphatic carbocycles. The van der Waals surface area contributed by atoms with Crippen molar-refractivity contribution in [3.8, 4) is 0 Å². The molecule has 0 bridgehead atoms. The highest BCUT2D eigenvalue weighted by Gasteiger charge is 2.08. The Kier molecular flexibility index (Phi) is 6.19. The van der Waals surface area contributed by atoms with Crippen LogP contribution < -0.4 is 10.6 Å². The van der Waals surface area contributed by atoms with Crippen LogP contribution in [0.4, 0.5) is 11.4 Å². The van der Waals surface area contributed by atoms with Gasteiger partial charge in [0.15, 0.2) is 0 Å². The molecule has 6 heteroatoms. The first-order valence-corrected chi connectivity index (χ1v) is 9.88. The summed E-state index contributed by atoms with van der Waals surface area (Å²) in [5.41, 5.74) is 2.47. The molecule has 2 aromatic carbocycles. The number of para-hydroxylation sites is 1. The van der Waals surface area contributed by atoms with E-state index < -0.39 is 0 Å². The highest BCUT2D eigenvalue weighted by molar-refractivity contribution is 7.18. The molecular formula is C21H23N3O2S. The van der Waals surface area contributed by atoms with Crippen LogP contribution in [0.5, 0.6) is 0 Å². The Hall–Kier alpha value is -2.73. The molecule has 0 atom stereocenters. The second-order valence-corrected chi connectivity index (χ2v) is 7.81. The fraction of sp³-hybridized carbons (Fsp3) is 0.286. The molecule has 0 fully saturated rings. The number of rotatable bonds is 7. The van der Waals surface area contributed by atoms with Gasteiger partial charge in [-0.3, -0.25) is 9.59 Å². The van der Waals surface area contributed by atoms with Crippen LogP contribution in [-0.4, -0.2) is 16.8 Å². The average molecular weight is 382 g/mol. The Labute approximate surface area is 162 Å². The van der Waals surface area contributed by atoms with Gasteiger partial charge in [-0.2, -0.15) is 0 Å². The standard InChI is InChI=1S/C21H23N3O2S/c1-14(2)21(26)23-16-12-10-15(11-13-16)22-19(25)8-5-9-20-24-17-6-3-4-7-18(17)27-20/h3-4,6-7,10-14H,5,8-9H2,1-2H3,(H,22,25)(H,23,26). The minimum absolute atomic E-state index is 0.0184. The largest absolute Gasteiger partial charge is 0.326 e. The van der Waals surface area contributed by atoms with Crippen LogP contribution in [0.1, 0.15) is 31.7 Å². The number of hydrogen-bond donors (Lipinski definition) is 2. The third kappa shape index (κ3) is 5.37. The molecule has 0 radical (unpaired) electrons. The van der Waals surface area contributed by atoms with E-state index in [1.165, 1.54) is 4.70 Å². The van der Waals surface area contributed by atoms with Gasteiger partial charge in [0, 0.05) is 23.7 Å². The summed E-state index contributed by atoms with van der Waals surface area (Å²) in [6.07, 6.45) is 2.00. The summed E-state index contributed by atoms with van der Waals surface area (Å²) in [7, 11) is 0. The second-order valence-electron chi connectivity index (χ2n) is 6.70. The van der Waals surface area contributed by atoms with Gasteiger partial charge in [0.25, 0.3) is 0 Å². The quantitative estimate of drug-likeness (QED) is 0.614. The molecule has 1 heterocycles. The molecule has 140 valence electrons. The number of amides is 2. The van der Waals surface area contributed by atoms with Crippen LogP contribution in [0.25, 0.3) is 10.2 Å². The molecule has 2 amide bonds. The number of thiazole rings is 1. The molecule has 0 unspecified atom stereocenters. The molecule has 0 saturated heterocycles. The van der Waals surface area contributed by atoms with Crippen molar-refractivity contribution in [1.29, 1.82) is 0 Å². The molecule has 0 aliphatic rings. The molecule has 3 rings (SSSR count). The van der Waals surface area contributed by atoms with Gasteiger partial charge in [0.2, 0.25) is 11.8 Å². The van der Waals surface area contributed by atoms with Crippen LogP contribution in [0, 0.1) is 5.92 Å². The monoisotopic (exact) mass is 381 g/mol. The van der Waals surface area contributed by atoms with Gasteiger partial charge in [0.05, 0.1) is 15.2 Å². The zero-order valence-electron chi connectivity index (χ0n) is 15.5. The van der Waals surface area contributed by atoms with Crippen molar-refractivity contribution >= 4 is 44.7 Å². The lowest BCUT2D eigenvalue weighted by molar-refractivity contribution is -0.119. The fourth-order valence-electron chi connectivity index (χ4n) is 2.57. The van der Waals surface area contributed by atoms with Crippen molar-refractivity contribution in [1.82, 2.24) is 4.98 Å². The number of fused-ring (bicyclic) bond motifs is 1. The molecular weight excluding hydrogens is 358 g/mol. The number of aromatic nitrogens is 1. The fourth-order valence-corrected chi connectivity index (χ4v) is 3.58. The number of anilines is 2. The first kappa shape index (κ1) is 19.0. The SMILES string of the molecule is CC(C)C(=O)Nc1ccc(NC(=O)CCCc2nc3ccccc3s2)cc1. The maximum absolute atomic E-state index is 12.1. The summed E-state index contributed by atoms with van der Waals surface area (Å²) in [5.74, 6) is -0.114. The van der Waals surface area contributed by atoms with Crippen molar-refractivity contribution in [2.45, 2.75) is 33.1 Å². The molecule has 0 aliphatic heterocycles. The lowest BCUT2D eigenvalue weighted by Crippen LogP contribution is -2.17. The minimum atomic E-state index is -0.0696. The van der Waals surface area contributed by atoms with Crippen LogP contribution in [0.15, 0.2) is 48.5 Å². The van der Waals surface area contributed by atoms with Gasteiger partial charge < -0.3 is 10.6 Å². The van der Waals surface area contributed by atoms with Gasteiger partial charge in [-0.05, 0) is 49.2 Å². The third-order valence-corrected chi connectivity index (χ3v) is 5.19. The van der Waals surface area contributed by atoms with Gasteiger partial charge in [-0.15, -0.1) is 11.3 Å². The number of aryl methyl sites for hydroxylation is 1. The summed E-state index contributed by atoms with van der Waals surface area (Å²) in [6.45, 7) is 3.69. The second kappa shape index (κ2) is 8.77. The maximum atomic E-state index is 12.1. The van der Waals surface area contributed by atoms with Crippen molar-refractivity contribution in [2.24, 2.45) is 5.92 Å². The summed E-state index contributed by atoms with van der Waals surface area (Å²) in [4.78, 5) is 28.4. The van der Waals surface area contributed by atoms with E-state index in [0.29, 0.717) is 6.42 Å². The van der Waals surface area contributed by atoms with Crippen LogP contribution in [0.2, 0.25) is 0 Å². The topological polar surface area (TPSA) is 71.1 Å². The summed E-state index contributed by atoms with van der Waals surface area (Å²) >= 11 is 1.68. The van der Waals surface area contributed by atoms with E-state index in [4.69, 9.17) is 0 Å². The molecule has 0 spiro atoms. The number of nitrogens with zero attached hydrogens (tertiary/aromatic N) is 1. The smallest absolute Gasteiger partial charge is 0.226 e. The predicted octanol–water partition coefficient (Wildman–Crippen LogP) is 4.85. The van der Waals surface area contributed by atoms with E-state index >= 15 is 0 Å². The lowest BCUT2D eigenvalue weighted by Gasteiger charge is -2.09. The van der Waals surface area contributed by atoms with Gasteiger partial charge in [-0.25, -0.2) is 4.98 Å². The molecule has 3 aromatic rings. The van der Waals surface area contributed by atoms with E-state index in [9.17, 15) is 9.59 Å². The van der Waals surface area contributed by atoms with Crippen molar-refractivity contribution < 1.29 is 9.59 Å². The Morgan fingerprint density at radius 2 is 1.67 bits per heavy atom. The van der Waals surface area contributed by atoms with Crippen molar-refractivity contribution in [3.05, 3.63) is 53.5 Å². The van der Waals surface area contributed by atoms with Crippen LogP contribution in [-0.2, 0) is 16.0 Å². The first-order chi connectivity index (χ1) is 13.0. The van der Waals surface area contributed by atoms with Crippen LogP contribution in [0.3, 0.4) is 0 Å². The highest BCUT2D eigenvalue weighted by atomic mass is 32.1. The third-order valence-electron chi connectivity index (χ3n) is 4.09. The number of benzene rings is 2. The van der Waals surface area contributed by atoms with E-state index in [0.717, 1.165) is 34.7 Å². The van der Waals surface area contributed by atoms with E-state index in [-0.39, 0.29) is 17.7 Å². The summed E-state index contributed by atoms with van der Waals surface area (Å²) in [5, 5.41) is 6.78.